The van der Waals surface area contributed by atoms with Gasteiger partial charge in [-0.15, -0.1) is 11.3 Å². The van der Waals surface area contributed by atoms with Crippen LogP contribution in [0.25, 0.3) is 0 Å². The van der Waals surface area contributed by atoms with Gasteiger partial charge in [0.1, 0.15) is 6.10 Å². The largest absolute Gasteiger partial charge is 0.457 e. The molecule has 1 aromatic heterocycles. The summed E-state index contributed by atoms with van der Waals surface area (Å²) < 4.78 is 5.26. The average Bonchev–Trinajstić information content (AvgIpc) is 2.76. The lowest BCUT2D eigenvalue weighted by atomic mass is 10.2. The van der Waals surface area contributed by atoms with Gasteiger partial charge in [-0.25, -0.2) is 0 Å². The van der Waals surface area contributed by atoms with Crippen LogP contribution in [-0.2, 0) is 14.3 Å². The maximum atomic E-state index is 11.1. The summed E-state index contributed by atoms with van der Waals surface area (Å²) in [7, 11) is 1.74. The van der Waals surface area contributed by atoms with Crippen molar-refractivity contribution in [1.29, 1.82) is 0 Å². The van der Waals surface area contributed by atoms with Gasteiger partial charge >= 0.3 is 5.97 Å². The molecule has 17 heavy (non-hydrogen) atoms. The van der Waals surface area contributed by atoms with E-state index in [0.29, 0.717) is 13.0 Å². The first kappa shape index (κ1) is 13.7. The number of nitrogens with zero attached hydrogens (tertiary/aromatic N) is 1. The van der Waals surface area contributed by atoms with E-state index in [0.717, 1.165) is 4.88 Å². The number of esters is 1. The van der Waals surface area contributed by atoms with Crippen molar-refractivity contribution < 1.29 is 14.3 Å². The van der Waals surface area contributed by atoms with Crippen molar-refractivity contribution in [2.24, 2.45) is 0 Å². The molecule has 0 unspecified atom stereocenters. The standard InChI is InChI=1S/C12H17NO3S/c1-9(14)13(3)7-6-11(16-10(2)15)12-5-4-8-17-12/h4-5,8,11H,6-7H2,1-3H3/t11-/m0/s1. The molecular formula is C12H17NO3S. The van der Waals surface area contributed by atoms with Gasteiger partial charge in [-0.05, 0) is 11.4 Å². The predicted octanol–water partition coefficient (Wildman–Crippen LogP) is 2.22. The highest BCUT2D eigenvalue weighted by molar-refractivity contribution is 7.10. The number of hydrogen-bond acceptors (Lipinski definition) is 4. The number of carbonyl (C=O) groups is 2. The predicted molar refractivity (Wildman–Crippen MR) is 66.8 cm³/mol. The molecule has 0 N–H and O–H groups in total. The van der Waals surface area contributed by atoms with E-state index in [1.165, 1.54) is 13.8 Å². The first-order chi connectivity index (χ1) is 8.00. The molecule has 94 valence electrons. The minimum absolute atomic E-state index is 0.0118. The zero-order valence-corrected chi connectivity index (χ0v) is 11.1. The molecule has 0 aliphatic carbocycles. The highest BCUT2D eigenvalue weighted by atomic mass is 32.1. The zero-order chi connectivity index (χ0) is 12.8. The molecule has 0 spiro atoms. The van der Waals surface area contributed by atoms with E-state index in [2.05, 4.69) is 0 Å². The van der Waals surface area contributed by atoms with Crippen LogP contribution < -0.4 is 0 Å². The van der Waals surface area contributed by atoms with Crippen LogP contribution in [0.1, 0.15) is 31.2 Å². The van der Waals surface area contributed by atoms with Crippen molar-refractivity contribution in [3.63, 3.8) is 0 Å². The fourth-order valence-corrected chi connectivity index (χ4v) is 2.19. The Kier molecular flexibility index (Phi) is 5.15. The summed E-state index contributed by atoms with van der Waals surface area (Å²) in [6, 6.07) is 3.86. The van der Waals surface area contributed by atoms with Gasteiger partial charge in [-0.3, -0.25) is 9.59 Å². The molecule has 0 saturated carbocycles. The van der Waals surface area contributed by atoms with Gasteiger partial charge in [0.15, 0.2) is 0 Å². The van der Waals surface area contributed by atoms with Crippen LogP contribution in [0.5, 0.6) is 0 Å². The zero-order valence-electron chi connectivity index (χ0n) is 10.3. The van der Waals surface area contributed by atoms with Gasteiger partial charge in [0.2, 0.25) is 5.91 Å². The quantitative estimate of drug-likeness (QED) is 0.758. The summed E-state index contributed by atoms with van der Waals surface area (Å²) in [5.74, 6) is -0.286. The summed E-state index contributed by atoms with van der Waals surface area (Å²) in [4.78, 5) is 24.7. The monoisotopic (exact) mass is 255 g/mol. The van der Waals surface area contributed by atoms with Gasteiger partial charge in [0, 0.05) is 38.7 Å². The Morgan fingerprint density at radius 3 is 2.65 bits per heavy atom. The second-order valence-corrected chi connectivity index (χ2v) is 4.82. The van der Waals surface area contributed by atoms with Crippen molar-refractivity contribution in [1.82, 2.24) is 4.90 Å². The molecule has 4 nitrogen and oxygen atoms in total. The first-order valence-electron chi connectivity index (χ1n) is 5.43. The summed E-state index contributed by atoms with van der Waals surface area (Å²) in [6.45, 7) is 3.49. The number of thiophene rings is 1. The Morgan fingerprint density at radius 1 is 1.47 bits per heavy atom. The van der Waals surface area contributed by atoms with Crippen LogP contribution in [0.4, 0.5) is 0 Å². The lowest BCUT2D eigenvalue weighted by molar-refractivity contribution is -0.147. The molecule has 0 aliphatic heterocycles. The Hall–Kier alpha value is -1.36. The van der Waals surface area contributed by atoms with E-state index >= 15 is 0 Å². The van der Waals surface area contributed by atoms with Crippen LogP contribution >= 0.6 is 11.3 Å². The van der Waals surface area contributed by atoms with Gasteiger partial charge in [0.25, 0.3) is 0 Å². The smallest absolute Gasteiger partial charge is 0.303 e. The number of hydrogen-bond donors (Lipinski definition) is 0. The summed E-state index contributed by atoms with van der Waals surface area (Å²) in [5.41, 5.74) is 0. The fourth-order valence-electron chi connectivity index (χ4n) is 1.40. The Bertz CT molecular complexity index is 375. The summed E-state index contributed by atoms with van der Waals surface area (Å²) >= 11 is 1.55. The van der Waals surface area contributed by atoms with E-state index in [-0.39, 0.29) is 18.0 Å². The van der Waals surface area contributed by atoms with Crippen molar-refractivity contribution in [2.45, 2.75) is 26.4 Å². The van der Waals surface area contributed by atoms with E-state index in [4.69, 9.17) is 4.74 Å². The molecule has 1 heterocycles. The molecular weight excluding hydrogens is 238 g/mol. The maximum absolute atomic E-state index is 11.1. The molecule has 1 amide bonds. The third-order valence-electron chi connectivity index (χ3n) is 2.43. The van der Waals surface area contributed by atoms with Crippen LogP contribution in [0.15, 0.2) is 17.5 Å². The average molecular weight is 255 g/mol. The van der Waals surface area contributed by atoms with Gasteiger partial charge in [-0.2, -0.15) is 0 Å². The molecule has 5 heteroatoms. The fraction of sp³-hybridized carbons (Fsp3) is 0.500. The second-order valence-electron chi connectivity index (χ2n) is 3.84. The van der Waals surface area contributed by atoms with E-state index in [9.17, 15) is 9.59 Å². The van der Waals surface area contributed by atoms with Crippen molar-refractivity contribution in [3.8, 4) is 0 Å². The molecule has 0 aromatic carbocycles. The van der Waals surface area contributed by atoms with Crippen LogP contribution in [0.3, 0.4) is 0 Å². The van der Waals surface area contributed by atoms with E-state index in [1.807, 2.05) is 17.5 Å². The Balaban J connectivity index is 2.59. The topological polar surface area (TPSA) is 46.6 Å². The third-order valence-corrected chi connectivity index (χ3v) is 3.40. The number of rotatable bonds is 5. The van der Waals surface area contributed by atoms with Crippen LogP contribution in [-0.4, -0.2) is 30.4 Å². The molecule has 0 radical (unpaired) electrons. The van der Waals surface area contributed by atoms with Crippen molar-refractivity contribution >= 4 is 23.2 Å². The Labute approximate surface area is 105 Å². The highest BCUT2D eigenvalue weighted by Crippen LogP contribution is 2.25. The Morgan fingerprint density at radius 2 is 2.18 bits per heavy atom. The lowest BCUT2D eigenvalue weighted by Gasteiger charge is -2.20. The van der Waals surface area contributed by atoms with Crippen molar-refractivity contribution in [2.75, 3.05) is 13.6 Å². The number of ether oxygens (including phenoxy) is 1. The van der Waals surface area contributed by atoms with Crippen LogP contribution in [0, 0.1) is 0 Å². The summed E-state index contributed by atoms with van der Waals surface area (Å²) in [5, 5.41) is 1.94. The molecule has 0 fully saturated rings. The minimum Gasteiger partial charge on any atom is -0.457 e. The van der Waals surface area contributed by atoms with Gasteiger partial charge in [-0.1, -0.05) is 6.07 Å². The molecule has 0 aliphatic rings. The van der Waals surface area contributed by atoms with Gasteiger partial charge in [0.05, 0.1) is 0 Å². The number of amides is 1. The molecule has 0 saturated heterocycles. The van der Waals surface area contributed by atoms with Gasteiger partial charge < -0.3 is 9.64 Å². The molecule has 1 atom stereocenters. The minimum atomic E-state index is -0.297. The third kappa shape index (κ3) is 4.56. The van der Waals surface area contributed by atoms with E-state index in [1.54, 1.807) is 23.3 Å². The highest BCUT2D eigenvalue weighted by Gasteiger charge is 2.17. The maximum Gasteiger partial charge on any atom is 0.303 e. The van der Waals surface area contributed by atoms with Crippen LogP contribution in [0.2, 0.25) is 0 Å². The number of carbonyl (C=O) groups excluding carboxylic acids is 2. The lowest BCUT2D eigenvalue weighted by Crippen LogP contribution is -2.26. The SMILES string of the molecule is CC(=O)O[C@@H](CCN(C)C(C)=O)c1cccs1. The second kappa shape index (κ2) is 6.39. The normalized spacial score (nSPS) is 11.9. The molecule has 0 bridgehead atoms. The molecule has 1 aromatic rings. The molecule has 1 rings (SSSR count). The van der Waals surface area contributed by atoms with E-state index < -0.39 is 0 Å². The summed E-state index contributed by atoms with van der Waals surface area (Å²) in [6.07, 6.45) is 0.366. The van der Waals surface area contributed by atoms with Crippen molar-refractivity contribution in [3.05, 3.63) is 22.4 Å². The first-order valence-corrected chi connectivity index (χ1v) is 6.31.